The Hall–Kier alpha value is -1.72. The first-order valence-electron chi connectivity index (χ1n) is 8.42. The Bertz CT molecular complexity index is 691. The monoisotopic (exact) mass is 344 g/mol. The molecule has 0 bridgehead atoms. The number of nitrogens with zero attached hydrogens (tertiary/aromatic N) is 2. The zero-order valence-electron chi connectivity index (χ0n) is 14.2. The van der Waals surface area contributed by atoms with Gasteiger partial charge in [0.15, 0.2) is 0 Å². The van der Waals surface area contributed by atoms with Crippen LogP contribution < -0.4 is 0 Å². The average molecular weight is 344 g/mol. The predicted molar refractivity (Wildman–Crippen MR) is 96.1 cm³/mol. The van der Waals surface area contributed by atoms with E-state index in [-0.39, 0.29) is 11.9 Å². The molecule has 1 aromatic carbocycles. The van der Waals surface area contributed by atoms with Crippen molar-refractivity contribution in [1.29, 1.82) is 0 Å². The number of carbonyl (C=O) groups is 1. The van der Waals surface area contributed by atoms with E-state index in [1.165, 1.54) is 5.56 Å². The molecule has 1 unspecified atom stereocenters. The second-order valence-corrected chi connectivity index (χ2v) is 7.91. The lowest BCUT2D eigenvalue weighted by Crippen LogP contribution is -2.48. The van der Waals surface area contributed by atoms with Crippen LogP contribution in [0, 0.1) is 0 Å². The van der Waals surface area contributed by atoms with Gasteiger partial charge in [0, 0.05) is 18.3 Å². The van der Waals surface area contributed by atoms with Crippen LogP contribution in [0.3, 0.4) is 0 Å². The van der Waals surface area contributed by atoms with Crippen molar-refractivity contribution in [3.63, 3.8) is 0 Å². The Morgan fingerprint density at radius 1 is 1.38 bits per heavy atom. The first kappa shape index (κ1) is 17.1. The molecular formula is C19H24N2O2S. The minimum Gasteiger partial charge on any atom is -0.388 e. The zero-order valence-corrected chi connectivity index (χ0v) is 15.1. The van der Waals surface area contributed by atoms with E-state index in [0.717, 1.165) is 36.5 Å². The molecule has 4 nitrogen and oxygen atoms in total. The van der Waals surface area contributed by atoms with Gasteiger partial charge in [-0.2, -0.15) is 0 Å². The Labute approximate surface area is 147 Å². The summed E-state index contributed by atoms with van der Waals surface area (Å²) in [5.74, 6) is 0.0659. The third-order valence-electron chi connectivity index (χ3n) is 4.52. The Kier molecular flexibility index (Phi) is 5.01. The summed E-state index contributed by atoms with van der Waals surface area (Å²) in [5, 5.41) is 13.3. The number of rotatable bonds is 5. The second kappa shape index (κ2) is 7.03. The normalized spacial score (nSPS) is 18.1. The standard InChI is InChI=1S/C19H24N2O2S/c1-19(2,23)16-9-6-10-21(16)18(22)12-15-13-24-17(20-15)11-14-7-4-3-5-8-14/h3-5,7-8,13,16,23H,6,9-12H2,1-2H3. The highest BCUT2D eigenvalue weighted by atomic mass is 32.1. The fraction of sp³-hybridized carbons (Fsp3) is 0.474. The minimum atomic E-state index is -0.854. The molecule has 3 rings (SSSR count). The van der Waals surface area contributed by atoms with Gasteiger partial charge in [-0.1, -0.05) is 30.3 Å². The second-order valence-electron chi connectivity index (χ2n) is 6.97. The average Bonchev–Trinajstić information content (AvgIpc) is 3.17. The van der Waals surface area contributed by atoms with Crippen molar-refractivity contribution in [2.75, 3.05) is 6.54 Å². The molecule has 1 fully saturated rings. The van der Waals surface area contributed by atoms with Crippen LogP contribution in [-0.2, 0) is 17.6 Å². The van der Waals surface area contributed by atoms with Gasteiger partial charge in [-0.25, -0.2) is 4.98 Å². The van der Waals surface area contributed by atoms with Gasteiger partial charge in [0.05, 0.1) is 28.8 Å². The lowest BCUT2D eigenvalue weighted by Gasteiger charge is -2.33. The van der Waals surface area contributed by atoms with Crippen LogP contribution in [0.5, 0.6) is 0 Å². The van der Waals surface area contributed by atoms with Crippen molar-refractivity contribution >= 4 is 17.2 Å². The molecule has 1 aromatic heterocycles. The highest BCUT2D eigenvalue weighted by Crippen LogP contribution is 2.27. The molecule has 5 heteroatoms. The van der Waals surface area contributed by atoms with Crippen LogP contribution in [0.25, 0.3) is 0 Å². The maximum Gasteiger partial charge on any atom is 0.228 e. The van der Waals surface area contributed by atoms with Crippen molar-refractivity contribution in [3.8, 4) is 0 Å². The smallest absolute Gasteiger partial charge is 0.228 e. The van der Waals surface area contributed by atoms with Crippen LogP contribution in [-0.4, -0.2) is 39.1 Å². The Morgan fingerprint density at radius 3 is 2.83 bits per heavy atom. The molecule has 2 heterocycles. The first-order valence-corrected chi connectivity index (χ1v) is 9.30. The summed E-state index contributed by atoms with van der Waals surface area (Å²) in [6.07, 6.45) is 2.94. The Balaban J connectivity index is 1.63. The van der Waals surface area contributed by atoms with Crippen molar-refractivity contribution in [2.24, 2.45) is 0 Å². The number of hydrogen-bond donors (Lipinski definition) is 1. The molecule has 1 saturated heterocycles. The fourth-order valence-electron chi connectivity index (χ4n) is 3.34. The van der Waals surface area contributed by atoms with E-state index in [0.29, 0.717) is 6.42 Å². The number of carbonyl (C=O) groups excluding carboxylic acids is 1. The van der Waals surface area contributed by atoms with Crippen LogP contribution in [0.15, 0.2) is 35.7 Å². The van der Waals surface area contributed by atoms with Crippen molar-refractivity contribution in [2.45, 2.75) is 51.2 Å². The van der Waals surface area contributed by atoms with Crippen molar-refractivity contribution in [3.05, 3.63) is 52.0 Å². The molecule has 1 atom stereocenters. The molecular weight excluding hydrogens is 320 g/mol. The zero-order chi connectivity index (χ0) is 17.2. The third-order valence-corrected chi connectivity index (χ3v) is 5.42. The summed E-state index contributed by atoms with van der Waals surface area (Å²) >= 11 is 1.60. The first-order chi connectivity index (χ1) is 11.4. The molecule has 1 amide bonds. The summed E-state index contributed by atoms with van der Waals surface area (Å²) in [4.78, 5) is 19.1. The highest BCUT2D eigenvalue weighted by molar-refractivity contribution is 7.09. The highest BCUT2D eigenvalue weighted by Gasteiger charge is 2.38. The van der Waals surface area contributed by atoms with Gasteiger partial charge in [0.1, 0.15) is 0 Å². The van der Waals surface area contributed by atoms with Gasteiger partial charge in [-0.15, -0.1) is 11.3 Å². The van der Waals surface area contributed by atoms with E-state index in [4.69, 9.17) is 0 Å². The molecule has 0 radical (unpaired) electrons. The molecule has 0 spiro atoms. The number of benzene rings is 1. The van der Waals surface area contributed by atoms with Gasteiger partial charge >= 0.3 is 0 Å². The predicted octanol–water partition coefficient (Wildman–Crippen LogP) is 3.04. The van der Waals surface area contributed by atoms with E-state index in [9.17, 15) is 9.90 Å². The van der Waals surface area contributed by atoms with Gasteiger partial charge in [0.2, 0.25) is 5.91 Å². The van der Waals surface area contributed by atoms with Gasteiger partial charge in [0.25, 0.3) is 0 Å². The molecule has 128 valence electrons. The van der Waals surface area contributed by atoms with E-state index in [1.807, 2.05) is 28.5 Å². The van der Waals surface area contributed by atoms with Gasteiger partial charge in [-0.05, 0) is 32.3 Å². The summed E-state index contributed by atoms with van der Waals surface area (Å²) in [6.45, 7) is 4.29. The van der Waals surface area contributed by atoms with E-state index < -0.39 is 5.60 Å². The maximum atomic E-state index is 12.6. The molecule has 0 saturated carbocycles. The molecule has 0 aliphatic carbocycles. The number of hydrogen-bond acceptors (Lipinski definition) is 4. The van der Waals surface area contributed by atoms with Crippen LogP contribution in [0.4, 0.5) is 0 Å². The number of aromatic nitrogens is 1. The van der Waals surface area contributed by atoms with E-state index >= 15 is 0 Å². The van der Waals surface area contributed by atoms with Crippen LogP contribution >= 0.6 is 11.3 Å². The summed E-state index contributed by atoms with van der Waals surface area (Å²) in [5.41, 5.74) is 1.20. The summed E-state index contributed by atoms with van der Waals surface area (Å²) in [7, 11) is 0. The largest absolute Gasteiger partial charge is 0.388 e. The molecule has 24 heavy (non-hydrogen) atoms. The summed E-state index contributed by atoms with van der Waals surface area (Å²) < 4.78 is 0. The summed E-state index contributed by atoms with van der Waals surface area (Å²) in [6, 6.07) is 10.1. The lowest BCUT2D eigenvalue weighted by molar-refractivity contribution is -0.135. The lowest BCUT2D eigenvalue weighted by atomic mass is 9.96. The van der Waals surface area contributed by atoms with Gasteiger partial charge in [-0.3, -0.25) is 4.79 Å². The topological polar surface area (TPSA) is 53.4 Å². The molecule has 2 aromatic rings. The van der Waals surface area contributed by atoms with Crippen molar-refractivity contribution < 1.29 is 9.90 Å². The molecule has 1 aliphatic heterocycles. The van der Waals surface area contributed by atoms with Crippen molar-refractivity contribution in [1.82, 2.24) is 9.88 Å². The van der Waals surface area contributed by atoms with Crippen LogP contribution in [0.2, 0.25) is 0 Å². The number of thiazole rings is 1. The maximum absolute atomic E-state index is 12.6. The van der Waals surface area contributed by atoms with Gasteiger partial charge < -0.3 is 10.0 Å². The number of likely N-dealkylation sites (tertiary alicyclic amines) is 1. The number of amides is 1. The van der Waals surface area contributed by atoms with Crippen LogP contribution in [0.1, 0.15) is 43.0 Å². The SMILES string of the molecule is CC(C)(O)C1CCCN1C(=O)Cc1csc(Cc2ccccc2)n1. The number of aliphatic hydroxyl groups is 1. The third kappa shape index (κ3) is 4.02. The Morgan fingerprint density at radius 2 is 2.12 bits per heavy atom. The molecule has 1 N–H and O–H groups in total. The molecule has 1 aliphatic rings. The quantitative estimate of drug-likeness (QED) is 0.907. The van der Waals surface area contributed by atoms with E-state index in [1.54, 1.807) is 25.2 Å². The van der Waals surface area contributed by atoms with E-state index in [2.05, 4.69) is 17.1 Å². The fourth-order valence-corrected chi connectivity index (χ4v) is 4.17. The minimum absolute atomic E-state index is 0.0659.